The lowest BCUT2D eigenvalue weighted by atomic mass is 10.0. The van der Waals surface area contributed by atoms with Gasteiger partial charge in [0.1, 0.15) is 0 Å². The number of aryl methyl sites for hydroxylation is 1. The standard InChI is InChI=1S/C15H22N2O3/c1-11(2)12(3)16(4)15(18)9-8-13-6-5-7-14(10-13)17(19)20/h5-7,10-12H,8-9H2,1-4H3/t12-/m1/s1. The number of carbonyl (C=O) groups excluding carboxylic acids is 1. The van der Waals surface area contributed by atoms with Gasteiger partial charge in [-0.2, -0.15) is 0 Å². The highest BCUT2D eigenvalue weighted by molar-refractivity contribution is 5.76. The number of benzene rings is 1. The van der Waals surface area contributed by atoms with Crippen LogP contribution >= 0.6 is 0 Å². The van der Waals surface area contributed by atoms with Gasteiger partial charge in [-0.1, -0.05) is 26.0 Å². The maximum atomic E-state index is 12.1. The van der Waals surface area contributed by atoms with Crippen molar-refractivity contribution in [2.45, 2.75) is 39.7 Å². The molecule has 0 aliphatic heterocycles. The first-order valence-corrected chi connectivity index (χ1v) is 6.82. The van der Waals surface area contributed by atoms with Gasteiger partial charge in [-0.15, -0.1) is 0 Å². The highest BCUT2D eigenvalue weighted by atomic mass is 16.6. The summed E-state index contributed by atoms with van der Waals surface area (Å²) in [5.74, 6) is 0.472. The van der Waals surface area contributed by atoms with Gasteiger partial charge < -0.3 is 4.90 Å². The maximum absolute atomic E-state index is 12.1. The molecule has 0 saturated heterocycles. The average molecular weight is 278 g/mol. The van der Waals surface area contributed by atoms with E-state index in [2.05, 4.69) is 13.8 Å². The van der Waals surface area contributed by atoms with E-state index in [0.717, 1.165) is 5.56 Å². The zero-order valence-corrected chi connectivity index (χ0v) is 12.5. The average Bonchev–Trinajstić information content (AvgIpc) is 2.43. The molecule has 0 fully saturated rings. The van der Waals surface area contributed by atoms with Crippen molar-refractivity contribution in [1.82, 2.24) is 4.90 Å². The lowest BCUT2D eigenvalue weighted by molar-refractivity contribution is -0.384. The van der Waals surface area contributed by atoms with Crippen LogP contribution in [0, 0.1) is 16.0 Å². The van der Waals surface area contributed by atoms with Crippen LogP contribution in [0.25, 0.3) is 0 Å². The summed E-state index contributed by atoms with van der Waals surface area (Å²) in [6, 6.07) is 6.63. The molecule has 1 amide bonds. The minimum absolute atomic E-state index is 0.0673. The van der Waals surface area contributed by atoms with Gasteiger partial charge in [-0.05, 0) is 24.8 Å². The first-order chi connectivity index (χ1) is 9.32. The minimum Gasteiger partial charge on any atom is -0.343 e. The molecule has 0 spiro atoms. The van der Waals surface area contributed by atoms with E-state index in [0.29, 0.717) is 18.8 Å². The van der Waals surface area contributed by atoms with Crippen LogP contribution in [0.3, 0.4) is 0 Å². The summed E-state index contributed by atoms with van der Waals surface area (Å²) >= 11 is 0. The highest BCUT2D eigenvalue weighted by Gasteiger charge is 2.18. The molecule has 1 atom stereocenters. The normalized spacial score (nSPS) is 12.2. The molecular formula is C15H22N2O3. The third-order valence-corrected chi connectivity index (χ3v) is 3.72. The van der Waals surface area contributed by atoms with Crippen LogP contribution < -0.4 is 0 Å². The monoisotopic (exact) mass is 278 g/mol. The van der Waals surface area contributed by atoms with Crippen molar-refractivity contribution in [3.8, 4) is 0 Å². The Morgan fingerprint density at radius 3 is 2.55 bits per heavy atom. The predicted molar refractivity (Wildman–Crippen MR) is 78.5 cm³/mol. The molecule has 0 radical (unpaired) electrons. The van der Waals surface area contributed by atoms with E-state index >= 15 is 0 Å². The summed E-state index contributed by atoms with van der Waals surface area (Å²) in [6.07, 6.45) is 0.893. The first-order valence-electron chi connectivity index (χ1n) is 6.82. The summed E-state index contributed by atoms with van der Waals surface area (Å²) in [5, 5.41) is 10.7. The summed E-state index contributed by atoms with van der Waals surface area (Å²) in [4.78, 5) is 24.1. The molecule has 0 aliphatic carbocycles. The van der Waals surface area contributed by atoms with Crippen molar-refractivity contribution < 1.29 is 9.72 Å². The summed E-state index contributed by atoms with van der Waals surface area (Å²) in [5.41, 5.74) is 0.886. The van der Waals surface area contributed by atoms with Crippen LogP contribution in [-0.2, 0) is 11.2 Å². The second-order valence-electron chi connectivity index (χ2n) is 5.42. The predicted octanol–water partition coefficient (Wildman–Crippen LogP) is 3.03. The van der Waals surface area contributed by atoms with E-state index in [9.17, 15) is 14.9 Å². The van der Waals surface area contributed by atoms with E-state index in [1.807, 2.05) is 13.0 Å². The van der Waals surface area contributed by atoms with E-state index < -0.39 is 4.92 Å². The minimum atomic E-state index is -0.418. The second kappa shape index (κ2) is 7.03. The van der Waals surface area contributed by atoms with Gasteiger partial charge in [0.05, 0.1) is 4.92 Å². The third kappa shape index (κ3) is 4.33. The van der Waals surface area contributed by atoms with Gasteiger partial charge in [0, 0.05) is 31.6 Å². The summed E-state index contributed by atoms with van der Waals surface area (Å²) in [7, 11) is 1.81. The maximum Gasteiger partial charge on any atom is 0.269 e. The molecule has 0 heterocycles. The number of rotatable bonds is 6. The number of amides is 1. The van der Waals surface area contributed by atoms with Crippen molar-refractivity contribution in [2.24, 2.45) is 5.92 Å². The SMILES string of the molecule is CC(C)[C@@H](C)N(C)C(=O)CCc1cccc([N+](=O)[O-])c1. The highest BCUT2D eigenvalue weighted by Crippen LogP contribution is 2.15. The van der Waals surface area contributed by atoms with Crippen LogP contribution in [-0.4, -0.2) is 28.8 Å². The smallest absolute Gasteiger partial charge is 0.269 e. The van der Waals surface area contributed by atoms with Gasteiger partial charge in [0.25, 0.3) is 5.69 Å². The Morgan fingerprint density at radius 2 is 2.00 bits per heavy atom. The Labute approximate surface area is 119 Å². The van der Waals surface area contributed by atoms with E-state index in [1.165, 1.54) is 12.1 Å². The molecule has 0 N–H and O–H groups in total. The van der Waals surface area contributed by atoms with E-state index in [4.69, 9.17) is 0 Å². The Kier molecular flexibility index (Phi) is 5.67. The summed E-state index contributed by atoms with van der Waals surface area (Å²) < 4.78 is 0. The topological polar surface area (TPSA) is 63.5 Å². The van der Waals surface area contributed by atoms with Crippen LogP contribution in [0.4, 0.5) is 5.69 Å². The number of nitrogens with zero attached hydrogens (tertiary/aromatic N) is 2. The molecule has 20 heavy (non-hydrogen) atoms. The van der Waals surface area contributed by atoms with Gasteiger partial charge in [-0.3, -0.25) is 14.9 Å². The number of nitro benzene ring substituents is 1. The number of carbonyl (C=O) groups is 1. The van der Waals surface area contributed by atoms with Gasteiger partial charge in [0.2, 0.25) is 5.91 Å². The number of hydrogen-bond donors (Lipinski definition) is 0. The molecule has 0 bridgehead atoms. The van der Waals surface area contributed by atoms with Gasteiger partial charge in [0.15, 0.2) is 0 Å². The number of nitro groups is 1. The van der Waals surface area contributed by atoms with Crippen molar-refractivity contribution in [1.29, 1.82) is 0 Å². The molecule has 1 aromatic rings. The quantitative estimate of drug-likeness (QED) is 0.593. The van der Waals surface area contributed by atoms with Crippen LogP contribution in [0.5, 0.6) is 0 Å². The Balaban J connectivity index is 2.61. The number of non-ortho nitro benzene ring substituents is 1. The molecule has 5 nitrogen and oxygen atoms in total. The van der Waals surface area contributed by atoms with Crippen LogP contribution in [0.2, 0.25) is 0 Å². The molecule has 0 saturated carbocycles. The van der Waals surface area contributed by atoms with Gasteiger partial charge in [-0.25, -0.2) is 0 Å². The fourth-order valence-electron chi connectivity index (χ4n) is 1.93. The molecule has 1 aromatic carbocycles. The zero-order valence-electron chi connectivity index (χ0n) is 12.5. The second-order valence-corrected chi connectivity index (χ2v) is 5.42. The zero-order chi connectivity index (χ0) is 15.3. The third-order valence-electron chi connectivity index (χ3n) is 3.72. The summed E-state index contributed by atoms with van der Waals surface area (Å²) in [6.45, 7) is 6.18. The van der Waals surface area contributed by atoms with Crippen LogP contribution in [0.1, 0.15) is 32.8 Å². The number of hydrogen-bond acceptors (Lipinski definition) is 3. The Bertz CT molecular complexity index is 486. The molecule has 0 aliphatic rings. The van der Waals surface area contributed by atoms with Crippen molar-refractivity contribution in [3.05, 3.63) is 39.9 Å². The van der Waals surface area contributed by atoms with E-state index in [-0.39, 0.29) is 17.6 Å². The molecular weight excluding hydrogens is 256 g/mol. The van der Waals surface area contributed by atoms with Crippen molar-refractivity contribution >= 4 is 11.6 Å². The lowest BCUT2D eigenvalue weighted by Crippen LogP contribution is -2.38. The first kappa shape index (κ1) is 16.1. The van der Waals surface area contributed by atoms with Crippen molar-refractivity contribution in [3.63, 3.8) is 0 Å². The lowest BCUT2D eigenvalue weighted by Gasteiger charge is -2.28. The van der Waals surface area contributed by atoms with Crippen LogP contribution in [0.15, 0.2) is 24.3 Å². The van der Waals surface area contributed by atoms with Crippen molar-refractivity contribution in [2.75, 3.05) is 7.05 Å². The molecule has 110 valence electrons. The molecule has 0 aromatic heterocycles. The Hall–Kier alpha value is -1.91. The molecule has 5 heteroatoms. The Morgan fingerprint density at radius 1 is 1.35 bits per heavy atom. The van der Waals surface area contributed by atoms with Gasteiger partial charge >= 0.3 is 0 Å². The molecule has 0 unspecified atom stereocenters. The molecule has 1 rings (SSSR count). The fraction of sp³-hybridized carbons (Fsp3) is 0.533. The van der Waals surface area contributed by atoms with E-state index in [1.54, 1.807) is 18.0 Å². The largest absolute Gasteiger partial charge is 0.343 e. The fourth-order valence-corrected chi connectivity index (χ4v) is 1.93.